The molecule has 1 aromatic carbocycles. The highest BCUT2D eigenvalue weighted by Crippen LogP contribution is 2.24. The van der Waals surface area contributed by atoms with Crippen LogP contribution in [-0.2, 0) is 0 Å². The summed E-state index contributed by atoms with van der Waals surface area (Å²) >= 11 is 5.15. The lowest BCUT2D eigenvalue weighted by atomic mass is 10.0. The molecule has 0 radical (unpaired) electrons. The van der Waals surface area contributed by atoms with Gasteiger partial charge in [0.15, 0.2) is 0 Å². The molecule has 0 saturated carbocycles. The second-order valence-electron chi connectivity index (χ2n) is 2.98. The minimum absolute atomic E-state index is 0.216. The summed E-state index contributed by atoms with van der Waals surface area (Å²) in [5.41, 5.74) is -0.216. The van der Waals surface area contributed by atoms with Crippen molar-refractivity contribution in [1.82, 2.24) is 0 Å². The van der Waals surface area contributed by atoms with Crippen molar-refractivity contribution in [1.29, 1.82) is 0 Å². The molecular formula is C10H8ClF3O. The van der Waals surface area contributed by atoms with E-state index in [1.807, 2.05) is 0 Å². The lowest BCUT2D eigenvalue weighted by molar-refractivity contribution is 0.00859. The Labute approximate surface area is 89.9 Å². The van der Waals surface area contributed by atoms with E-state index in [4.69, 9.17) is 11.6 Å². The molecule has 0 spiro atoms. The summed E-state index contributed by atoms with van der Waals surface area (Å²) in [6.45, 7) is 0. The van der Waals surface area contributed by atoms with Gasteiger partial charge < -0.3 is 0 Å². The van der Waals surface area contributed by atoms with Gasteiger partial charge in [0, 0.05) is 17.9 Å². The molecule has 0 N–H and O–H groups in total. The summed E-state index contributed by atoms with van der Waals surface area (Å²) in [5.74, 6) is -5.70. The maximum Gasteiger partial charge on any atom is 0.310 e. The molecule has 0 fully saturated rings. The van der Waals surface area contributed by atoms with Gasteiger partial charge in [-0.05, 0) is 24.3 Å². The van der Waals surface area contributed by atoms with Crippen LogP contribution in [0.1, 0.15) is 16.8 Å². The standard InChI is InChI=1S/C10H8ClF3O/c11-6-5-10(13,14)9(15)7-1-3-8(12)4-2-7/h1-4H,5-6H2. The minimum Gasteiger partial charge on any atom is -0.287 e. The third kappa shape index (κ3) is 2.96. The fourth-order valence-electron chi connectivity index (χ4n) is 1.04. The molecule has 15 heavy (non-hydrogen) atoms. The molecule has 0 aliphatic heterocycles. The highest BCUT2D eigenvalue weighted by molar-refractivity contribution is 6.18. The van der Waals surface area contributed by atoms with Gasteiger partial charge in [0.2, 0.25) is 5.78 Å². The molecular weight excluding hydrogens is 229 g/mol. The third-order valence-corrected chi connectivity index (χ3v) is 2.04. The summed E-state index contributed by atoms with van der Waals surface area (Å²) in [4.78, 5) is 11.2. The Morgan fingerprint density at radius 2 is 1.80 bits per heavy atom. The zero-order valence-corrected chi connectivity index (χ0v) is 8.40. The number of halogens is 4. The number of carbonyl (C=O) groups excluding carboxylic acids is 1. The fourth-order valence-corrected chi connectivity index (χ4v) is 1.28. The molecule has 1 aromatic rings. The second-order valence-corrected chi connectivity index (χ2v) is 3.36. The van der Waals surface area contributed by atoms with Crippen LogP contribution < -0.4 is 0 Å². The van der Waals surface area contributed by atoms with Crippen molar-refractivity contribution in [2.75, 3.05) is 5.88 Å². The lowest BCUT2D eigenvalue weighted by Crippen LogP contribution is -2.29. The van der Waals surface area contributed by atoms with Crippen LogP contribution in [0, 0.1) is 5.82 Å². The quantitative estimate of drug-likeness (QED) is 0.579. The maximum atomic E-state index is 13.1. The predicted octanol–water partition coefficient (Wildman–Crippen LogP) is 3.27. The second kappa shape index (κ2) is 4.66. The Morgan fingerprint density at radius 3 is 2.27 bits per heavy atom. The van der Waals surface area contributed by atoms with Gasteiger partial charge >= 0.3 is 5.92 Å². The Bertz CT molecular complexity index is 348. The molecule has 0 unspecified atom stereocenters. The first-order valence-corrected chi connectivity index (χ1v) is 4.75. The van der Waals surface area contributed by atoms with Crippen molar-refractivity contribution in [2.45, 2.75) is 12.3 Å². The lowest BCUT2D eigenvalue weighted by Gasteiger charge is -2.13. The summed E-state index contributed by atoms with van der Waals surface area (Å²) in [7, 11) is 0. The molecule has 0 atom stereocenters. The average molecular weight is 237 g/mol. The van der Waals surface area contributed by atoms with Crippen LogP contribution >= 0.6 is 11.6 Å². The van der Waals surface area contributed by atoms with Crippen molar-refractivity contribution in [3.8, 4) is 0 Å². The van der Waals surface area contributed by atoms with E-state index >= 15 is 0 Å². The zero-order chi connectivity index (χ0) is 11.5. The zero-order valence-electron chi connectivity index (χ0n) is 7.64. The highest BCUT2D eigenvalue weighted by atomic mass is 35.5. The molecule has 1 rings (SSSR count). The number of carbonyl (C=O) groups is 1. The first-order chi connectivity index (χ1) is 6.97. The van der Waals surface area contributed by atoms with Gasteiger partial charge in [0.05, 0.1) is 0 Å². The number of Topliss-reactive ketones (excluding diaryl/α,β-unsaturated/α-hetero) is 1. The number of rotatable bonds is 4. The van der Waals surface area contributed by atoms with Crippen molar-refractivity contribution >= 4 is 17.4 Å². The van der Waals surface area contributed by atoms with Crippen LogP contribution in [0.5, 0.6) is 0 Å². The van der Waals surface area contributed by atoms with Crippen molar-refractivity contribution in [3.63, 3.8) is 0 Å². The number of ketones is 1. The normalized spacial score (nSPS) is 11.5. The van der Waals surface area contributed by atoms with Crippen LogP contribution in [-0.4, -0.2) is 17.6 Å². The van der Waals surface area contributed by atoms with Gasteiger partial charge in [0.1, 0.15) is 5.82 Å². The van der Waals surface area contributed by atoms with E-state index in [0.717, 1.165) is 24.3 Å². The molecule has 0 aliphatic carbocycles. The number of hydrogen-bond donors (Lipinski definition) is 0. The summed E-state index contributed by atoms with van der Waals surface area (Å²) < 4.78 is 38.6. The van der Waals surface area contributed by atoms with Gasteiger partial charge in [-0.2, -0.15) is 8.78 Å². The Hall–Kier alpha value is -1.03. The molecule has 1 nitrogen and oxygen atoms in total. The smallest absolute Gasteiger partial charge is 0.287 e. The van der Waals surface area contributed by atoms with Crippen LogP contribution in [0.15, 0.2) is 24.3 Å². The van der Waals surface area contributed by atoms with Crippen LogP contribution in [0.4, 0.5) is 13.2 Å². The van der Waals surface area contributed by atoms with Crippen LogP contribution in [0.3, 0.4) is 0 Å². The largest absolute Gasteiger partial charge is 0.310 e. The monoisotopic (exact) mass is 236 g/mol. The third-order valence-electron chi connectivity index (χ3n) is 1.85. The first kappa shape index (κ1) is 12.0. The average Bonchev–Trinajstić information content (AvgIpc) is 2.18. The van der Waals surface area contributed by atoms with Crippen LogP contribution in [0.25, 0.3) is 0 Å². The van der Waals surface area contributed by atoms with Crippen molar-refractivity contribution in [3.05, 3.63) is 35.6 Å². The van der Waals surface area contributed by atoms with E-state index < -0.39 is 23.9 Å². The van der Waals surface area contributed by atoms with E-state index in [9.17, 15) is 18.0 Å². The molecule has 0 bridgehead atoms. The molecule has 0 heterocycles. The summed E-state index contributed by atoms with van der Waals surface area (Å²) in [6, 6.07) is 3.98. The SMILES string of the molecule is O=C(c1ccc(F)cc1)C(F)(F)CCCl. The maximum absolute atomic E-state index is 13.1. The Morgan fingerprint density at radius 1 is 1.27 bits per heavy atom. The van der Waals surface area contributed by atoms with Gasteiger partial charge in [0.25, 0.3) is 0 Å². The topological polar surface area (TPSA) is 17.1 Å². The van der Waals surface area contributed by atoms with Crippen LogP contribution in [0.2, 0.25) is 0 Å². The van der Waals surface area contributed by atoms with Gasteiger partial charge in [-0.1, -0.05) is 0 Å². The van der Waals surface area contributed by atoms with E-state index in [1.54, 1.807) is 0 Å². The fraction of sp³-hybridized carbons (Fsp3) is 0.300. The van der Waals surface area contributed by atoms with E-state index in [-0.39, 0.29) is 11.4 Å². The van der Waals surface area contributed by atoms with E-state index in [2.05, 4.69) is 0 Å². The molecule has 82 valence electrons. The van der Waals surface area contributed by atoms with E-state index in [1.165, 1.54) is 0 Å². The molecule has 0 amide bonds. The Balaban J connectivity index is 2.89. The highest BCUT2D eigenvalue weighted by Gasteiger charge is 2.38. The number of hydrogen-bond acceptors (Lipinski definition) is 1. The van der Waals surface area contributed by atoms with Gasteiger partial charge in [-0.15, -0.1) is 11.6 Å². The minimum atomic E-state index is -3.49. The Kier molecular flexibility index (Phi) is 3.74. The molecule has 0 aliphatic rings. The molecule has 0 saturated heterocycles. The van der Waals surface area contributed by atoms with Crippen molar-refractivity contribution in [2.24, 2.45) is 0 Å². The summed E-state index contributed by atoms with van der Waals surface area (Å²) in [6.07, 6.45) is -0.717. The predicted molar refractivity (Wildman–Crippen MR) is 51.0 cm³/mol. The number of alkyl halides is 3. The molecule has 0 aromatic heterocycles. The van der Waals surface area contributed by atoms with Gasteiger partial charge in [-0.25, -0.2) is 4.39 Å². The van der Waals surface area contributed by atoms with Gasteiger partial charge in [-0.3, -0.25) is 4.79 Å². The summed E-state index contributed by atoms with van der Waals surface area (Å²) in [5, 5.41) is 0. The number of benzene rings is 1. The molecule has 5 heteroatoms. The van der Waals surface area contributed by atoms with E-state index in [0.29, 0.717) is 0 Å². The van der Waals surface area contributed by atoms with Crippen molar-refractivity contribution < 1.29 is 18.0 Å². The first-order valence-electron chi connectivity index (χ1n) is 4.21.